The van der Waals surface area contributed by atoms with Gasteiger partial charge in [-0.2, -0.15) is 0 Å². The highest BCUT2D eigenvalue weighted by Crippen LogP contribution is 2.10. The second-order valence-electron chi connectivity index (χ2n) is 3.01. The van der Waals surface area contributed by atoms with Crippen molar-refractivity contribution >= 4 is 24.3 Å². The van der Waals surface area contributed by atoms with Crippen molar-refractivity contribution in [1.29, 1.82) is 0 Å². The van der Waals surface area contributed by atoms with Crippen molar-refractivity contribution in [2.24, 2.45) is 0 Å². The average molecular weight is 170 g/mol. The molecule has 2 rings (SSSR count). The Morgan fingerprint density at radius 1 is 1.31 bits per heavy atom. The van der Waals surface area contributed by atoms with E-state index >= 15 is 0 Å². The van der Waals surface area contributed by atoms with Gasteiger partial charge in [0.2, 0.25) is 0 Å². The van der Waals surface area contributed by atoms with Crippen molar-refractivity contribution in [3.05, 3.63) is 40.2 Å². The molecule has 0 spiro atoms. The molecule has 2 nitrogen and oxygen atoms in total. The van der Waals surface area contributed by atoms with Gasteiger partial charge < -0.3 is 4.42 Å². The van der Waals surface area contributed by atoms with E-state index in [1.807, 2.05) is 6.07 Å². The monoisotopic (exact) mass is 170 g/mol. The lowest BCUT2D eigenvalue weighted by Gasteiger charge is -1.98. The van der Waals surface area contributed by atoms with E-state index < -0.39 is 0 Å². The van der Waals surface area contributed by atoms with E-state index in [0.29, 0.717) is 16.6 Å². The topological polar surface area (TPSA) is 30.2 Å². The molecule has 0 unspecified atom stereocenters. The van der Waals surface area contributed by atoms with Crippen molar-refractivity contribution in [3.8, 4) is 0 Å². The molecular formula is C10H7BO2. The first-order chi connectivity index (χ1) is 6.16. The number of hydrogen-bond donors (Lipinski definition) is 0. The fraction of sp³-hybridized carbons (Fsp3) is 0.100. The molecule has 0 aliphatic rings. The highest BCUT2D eigenvalue weighted by atomic mass is 16.4. The molecule has 0 bridgehead atoms. The van der Waals surface area contributed by atoms with Gasteiger partial charge in [-0.25, -0.2) is 4.79 Å². The summed E-state index contributed by atoms with van der Waals surface area (Å²) in [4.78, 5) is 11.1. The Balaban J connectivity index is 2.89. The van der Waals surface area contributed by atoms with E-state index in [0.717, 1.165) is 5.39 Å². The van der Waals surface area contributed by atoms with E-state index in [4.69, 9.17) is 12.3 Å². The van der Waals surface area contributed by atoms with Crippen LogP contribution in [0.2, 0.25) is 0 Å². The first kappa shape index (κ1) is 8.11. The second-order valence-corrected chi connectivity index (χ2v) is 3.01. The van der Waals surface area contributed by atoms with Gasteiger partial charge in [-0.15, -0.1) is 0 Å². The molecule has 1 heterocycles. The zero-order valence-corrected chi connectivity index (χ0v) is 7.20. The van der Waals surface area contributed by atoms with Gasteiger partial charge in [-0.3, -0.25) is 0 Å². The molecule has 2 radical (unpaired) electrons. The summed E-state index contributed by atoms with van der Waals surface area (Å²) in [6.45, 7) is 1.72. The van der Waals surface area contributed by atoms with Crippen LogP contribution in [0.1, 0.15) is 5.56 Å². The van der Waals surface area contributed by atoms with Gasteiger partial charge in [0, 0.05) is 10.9 Å². The van der Waals surface area contributed by atoms with Gasteiger partial charge in [-0.1, -0.05) is 17.6 Å². The van der Waals surface area contributed by atoms with Crippen LogP contribution in [0.3, 0.4) is 0 Å². The standard InChI is InChI=1S/C10H7BO2/c1-6-4-7-2-3-8(11)5-9(7)13-10(6)12/h2-5H,1H3. The van der Waals surface area contributed by atoms with Gasteiger partial charge in [0.05, 0.1) is 0 Å². The SMILES string of the molecule is [B]c1ccc2cc(C)c(=O)oc2c1. The van der Waals surface area contributed by atoms with Crippen molar-refractivity contribution in [2.45, 2.75) is 6.92 Å². The molecule has 0 saturated carbocycles. The number of hydrogen-bond acceptors (Lipinski definition) is 2. The second kappa shape index (κ2) is 2.77. The first-order valence-corrected chi connectivity index (χ1v) is 3.97. The summed E-state index contributed by atoms with van der Waals surface area (Å²) in [5.74, 6) is 0. The van der Waals surface area contributed by atoms with Crippen LogP contribution in [0.4, 0.5) is 0 Å². The van der Waals surface area contributed by atoms with Crippen LogP contribution >= 0.6 is 0 Å². The van der Waals surface area contributed by atoms with E-state index in [2.05, 4.69) is 0 Å². The lowest BCUT2D eigenvalue weighted by atomic mass is 9.95. The molecule has 0 aliphatic heterocycles. The summed E-state index contributed by atoms with van der Waals surface area (Å²) in [6, 6.07) is 7.05. The minimum atomic E-state index is -0.307. The number of benzene rings is 1. The van der Waals surface area contributed by atoms with Crippen molar-refractivity contribution in [3.63, 3.8) is 0 Å². The number of rotatable bonds is 0. The number of aryl methyl sites for hydroxylation is 1. The maximum absolute atomic E-state index is 11.1. The Morgan fingerprint density at radius 2 is 2.08 bits per heavy atom. The normalized spacial score (nSPS) is 10.5. The first-order valence-electron chi connectivity index (χ1n) is 3.97. The highest BCUT2D eigenvalue weighted by molar-refractivity contribution is 6.33. The van der Waals surface area contributed by atoms with Gasteiger partial charge in [0.1, 0.15) is 13.4 Å². The molecule has 2 aromatic rings. The van der Waals surface area contributed by atoms with Crippen LogP contribution in [0.25, 0.3) is 11.0 Å². The lowest BCUT2D eigenvalue weighted by Crippen LogP contribution is -2.05. The molecule has 0 N–H and O–H groups in total. The summed E-state index contributed by atoms with van der Waals surface area (Å²) in [6.07, 6.45) is 0. The fourth-order valence-corrected chi connectivity index (χ4v) is 1.23. The summed E-state index contributed by atoms with van der Waals surface area (Å²) in [5.41, 5.74) is 1.44. The third-order valence-electron chi connectivity index (χ3n) is 1.93. The molecule has 1 aromatic carbocycles. The Bertz CT molecular complexity index is 514. The van der Waals surface area contributed by atoms with Crippen LogP contribution in [0.5, 0.6) is 0 Å². The molecule has 3 heteroatoms. The summed E-state index contributed by atoms with van der Waals surface area (Å²) in [7, 11) is 5.55. The Kier molecular flexibility index (Phi) is 1.73. The number of fused-ring (bicyclic) bond motifs is 1. The van der Waals surface area contributed by atoms with Crippen molar-refractivity contribution in [1.82, 2.24) is 0 Å². The summed E-state index contributed by atoms with van der Waals surface area (Å²) < 4.78 is 5.04. The van der Waals surface area contributed by atoms with Crippen molar-refractivity contribution in [2.75, 3.05) is 0 Å². The fourth-order valence-electron chi connectivity index (χ4n) is 1.23. The smallest absolute Gasteiger partial charge is 0.339 e. The molecule has 0 aliphatic carbocycles. The van der Waals surface area contributed by atoms with E-state index in [9.17, 15) is 4.79 Å². The molecule has 62 valence electrons. The molecule has 1 aromatic heterocycles. The molecule has 0 fully saturated rings. The van der Waals surface area contributed by atoms with E-state index in [-0.39, 0.29) is 5.63 Å². The van der Waals surface area contributed by atoms with Gasteiger partial charge in [0.25, 0.3) is 0 Å². The maximum Gasteiger partial charge on any atom is 0.339 e. The minimum absolute atomic E-state index is 0.307. The molecule has 0 saturated heterocycles. The van der Waals surface area contributed by atoms with Crippen LogP contribution in [0.15, 0.2) is 33.5 Å². The predicted octanol–water partition coefficient (Wildman–Crippen LogP) is 0.895. The van der Waals surface area contributed by atoms with Gasteiger partial charge in [-0.05, 0) is 19.1 Å². The quantitative estimate of drug-likeness (QED) is 0.434. The Hall–Kier alpha value is -1.51. The molecular weight excluding hydrogens is 163 g/mol. The predicted molar refractivity (Wildman–Crippen MR) is 52.6 cm³/mol. The van der Waals surface area contributed by atoms with E-state index in [1.54, 1.807) is 25.1 Å². The molecule has 0 amide bonds. The Morgan fingerprint density at radius 3 is 2.85 bits per heavy atom. The van der Waals surface area contributed by atoms with Gasteiger partial charge >= 0.3 is 5.63 Å². The Labute approximate surface area is 76.6 Å². The molecule has 13 heavy (non-hydrogen) atoms. The zero-order valence-electron chi connectivity index (χ0n) is 7.20. The average Bonchev–Trinajstić information content (AvgIpc) is 2.08. The zero-order chi connectivity index (χ0) is 9.42. The minimum Gasteiger partial charge on any atom is -0.423 e. The van der Waals surface area contributed by atoms with Crippen LogP contribution in [0, 0.1) is 6.92 Å². The third kappa shape index (κ3) is 1.37. The van der Waals surface area contributed by atoms with Crippen LogP contribution in [-0.4, -0.2) is 7.85 Å². The van der Waals surface area contributed by atoms with Gasteiger partial charge in [0.15, 0.2) is 0 Å². The maximum atomic E-state index is 11.1. The van der Waals surface area contributed by atoms with Crippen LogP contribution < -0.4 is 11.1 Å². The summed E-state index contributed by atoms with van der Waals surface area (Å²) >= 11 is 0. The van der Waals surface area contributed by atoms with E-state index in [1.165, 1.54) is 0 Å². The highest BCUT2D eigenvalue weighted by Gasteiger charge is 1.99. The largest absolute Gasteiger partial charge is 0.423 e. The third-order valence-corrected chi connectivity index (χ3v) is 1.93. The molecule has 0 atom stereocenters. The van der Waals surface area contributed by atoms with Crippen LogP contribution in [-0.2, 0) is 0 Å². The lowest BCUT2D eigenvalue weighted by molar-refractivity contribution is 0.555. The summed E-state index contributed by atoms with van der Waals surface area (Å²) in [5, 5.41) is 0.895. The van der Waals surface area contributed by atoms with Crippen molar-refractivity contribution < 1.29 is 4.42 Å².